The van der Waals surface area contributed by atoms with Gasteiger partial charge in [0.05, 0.1) is 26.4 Å². The van der Waals surface area contributed by atoms with E-state index < -0.39 is 0 Å². The first-order valence-electron chi connectivity index (χ1n) is 3.68. The Hall–Kier alpha value is 0.936. The topological polar surface area (TPSA) is 27.7 Å². The minimum atomic E-state index is 0. The summed E-state index contributed by atoms with van der Waals surface area (Å²) in [5, 5.41) is 2.03. The average Bonchev–Trinajstić information content (AvgIpc) is 2.08. The van der Waals surface area contributed by atoms with Crippen LogP contribution in [0.1, 0.15) is 0 Å². The summed E-state index contributed by atoms with van der Waals surface area (Å²) in [5.74, 6) is 0. The third kappa shape index (κ3) is 22.4. The van der Waals surface area contributed by atoms with Crippen molar-refractivity contribution in [3.05, 3.63) is 0 Å². The Morgan fingerprint density at radius 3 is 1.42 bits per heavy atom. The molecule has 0 heterocycles. The fourth-order valence-electron chi connectivity index (χ4n) is 0.387. The van der Waals surface area contributed by atoms with Crippen LogP contribution in [0.25, 0.3) is 0 Å². The molecular weight excluding hydrogens is 192 g/mol. The molecule has 5 heteroatoms. The zero-order chi connectivity index (χ0) is 8.95. The Morgan fingerprint density at radius 2 is 1.17 bits per heavy atom. The van der Waals surface area contributed by atoms with Crippen molar-refractivity contribution in [1.82, 2.24) is 0 Å². The number of methoxy groups -OCH3 is 2. The van der Waals surface area contributed by atoms with E-state index in [1.165, 1.54) is 0 Å². The molecule has 0 aliphatic heterocycles. The first-order chi connectivity index (χ1) is 5.41. The van der Waals surface area contributed by atoms with Crippen molar-refractivity contribution in [2.45, 2.75) is 5.05 Å². The second kappa shape index (κ2) is 22.7. The first kappa shape index (κ1) is 18.7. The Morgan fingerprint density at radius 1 is 0.833 bits per heavy atom. The van der Waals surface area contributed by atoms with E-state index in [1.54, 1.807) is 14.2 Å². The molecule has 0 aliphatic carbocycles. The van der Waals surface area contributed by atoms with Crippen molar-refractivity contribution < 1.29 is 26.6 Å². The number of hydrogen-bond donors (Lipinski definition) is 0. The van der Waals surface area contributed by atoms with Crippen LogP contribution in [0.15, 0.2) is 0 Å². The van der Waals surface area contributed by atoms with Gasteiger partial charge in [0.25, 0.3) is 0 Å². The molecule has 0 aromatic carbocycles. The molecule has 0 amide bonds. The molecule has 0 N–H and O–H groups in total. The van der Waals surface area contributed by atoms with Gasteiger partial charge in [-0.1, -0.05) is 0 Å². The van der Waals surface area contributed by atoms with Crippen LogP contribution >= 0.6 is 0 Å². The van der Waals surface area contributed by atoms with Crippen LogP contribution in [-0.4, -0.2) is 62.4 Å². The van der Waals surface area contributed by atoms with Gasteiger partial charge in [-0.3, -0.25) is 0 Å². The summed E-state index contributed by atoms with van der Waals surface area (Å²) < 4.78 is 14.6. The van der Waals surface area contributed by atoms with Gasteiger partial charge in [0, 0.05) is 14.2 Å². The van der Waals surface area contributed by atoms with Crippen LogP contribution in [0.5, 0.6) is 0 Å². The SMILES string of the molecule is COCCOCCOC.[CH3][Mg+].[Cl-]. The Labute approximate surface area is 94.0 Å². The quantitative estimate of drug-likeness (QED) is 0.357. The number of ether oxygens (including phenoxy) is 3. The molecule has 0 aromatic rings. The largest absolute Gasteiger partial charge is 1.00 e. The molecule has 0 aliphatic rings. The molecule has 0 bridgehead atoms. The average molecular weight is 209 g/mol. The van der Waals surface area contributed by atoms with Gasteiger partial charge in [-0.15, -0.1) is 0 Å². The summed E-state index contributed by atoms with van der Waals surface area (Å²) in [6, 6.07) is 0. The fraction of sp³-hybridized carbons (Fsp3) is 1.00. The van der Waals surface area contributed by atoms with E-state index in [-0.39, 0.29) is 12.4 Å². The molecule has 0 rings (SSSR count). The second-order valence-electron chi connectivity index (χ2n) is 1.60. The van der Waals surface area contributed by atoms with Crippen molar-refractivity contribution in [2.24, 2.45) is 0 Å². The van der Waals surface area contributed by atoms with Crippen LogP contribution in [0.2, 0.25) is 5.05 Å². The molecule has 0 spiro atoms. The maximum Gasteiger partial charge on any atom is -1.00 e. The molecule has 0 unspecified atom stereocenters. The van der Waals surface area contributed by atoms with E-state index in [1.807, 2.05) is 26.8 Å². The van der Waals surface area contributed by atoms with Gasteiger partial charge in [0.1, 0.15) is 0 Å². The standard InChI is InChI=1S/C6H14O3.CH3.ClH.Mg/c1-7-3-5-9-6-4-8-2;;;/h3-6H2,1-2H3;1H3;1H;/q;;;+1/p-1. The predicted octanol–water partition coefficient (Wildman–Crippen LogP) is -2.50. The zero-order valence-electron chi connectivity index (χ0n) is 8.14. The Balaban J connectivity index is -0.000000249. The molecule has 72 valence electrons. The van der Waals surface area contributed by atoms with Gasteiger partial charge in [-0.25, -0.2) is 0 Å². The van der Waals surface area contributed by atoms with E-state index in [2.05, 4.69) is 0 Å². The first-order valence-corrected chi connectivity index (χ1v) is 5.09. The smallest absolute Gasteiger partial charge is 1.00 e. The molecule has 0 aromatic heterocycles. The van der Waals surface area contributed by atoms with Crippen molar-refractivity contribution in [2.75, 3.05) is 40.6 Å². The van der Waals surface area contributed by atoms with Crippen molar-refractivity contribution >= 4 is 21.7 Å². The van der Waals surface area contributed by atoms with E-state index in [0.717, 1.165) is 0 Å². The van der Waals surface area contributed by atoms with Crippen LogP contribution in [-0.2, 0) is 14.2 Å². The molecule has 12 heavy (non-hydrogen) atoms. The monoisotopic (exact) mass is 208 g/mol. The maximum atomic E-state index is 5.06. The van der Waals surface area contributed by atoms with E-state index in [0.29, 0.717) is 26.4 Å². The molecule has 3 nitrogen and oxygen atoms in total. The van der Waals surface area contributed by atoms with Crippen LogP contribution in [0.3, 0.4) is 0 Å². The van der Waals surface area contributed by atoms with Gasteiger partial charge in [-0.2, -0.15) is 0 Å². The molecule has 0 saturated carbocycles. The summed E-state index contributed by atoms with van der Waals surface area (Å²) >= 11 is 1.86. The van der Waals surface area contributed by atoms with Crippen LogP contribution in [0, 0.1) is 0 Å². The number of rotatable bonds is 6. The third-order valence-electron chi connectivity index (χ3n) is 0.864. The van der Waals surface area contributed by atoms with Gasteiger partial charge < -0.3 is 26.6 Å². The van der Waals surface area contributed by atoms with E-state index >= 15 is 0 Å². The van der Waals surface area contributed by atoms with E-state index in [9.17, 15) is 0 Å². The van der Waals surface area contributed by atoms with Gasteiger partial charge >= 0.3 is 26.8 Å². The maximum absolute atomic E-state index is 5.06. The van der Waals surface area contributed by atoms with E-state index in [4.69, 9.17) is 14.2 Å². The van der Waals surface area contributed by atoms with Gasteiger partial charge in [0.15, 0.2) is 0 Å². The molecule has 0 atom stereocenters. The Bertz CT molecular complexity index is 51.9. The van der Waals surface area contributed by atoms with Crippen LogP contribution < -0.4 is 12.4 Å². The number of halogens is 1. The summed E-state index contributed by atoms with van der Waals surface area (Å²) in [7, 11) is 3.30. The molecule has 0 radical (unpaired) electrons. The summed E-state index contributed by atoms with van der Waals surface area (Å²) in [4.78, 5) is 0. The summed E-state index contributed by atoms with van der Waals surface area (Å²) in [5.41, 5.74) is 0. The van der Waals surface area contributed by atoms with Gasteiger partial charge in [0.2, 0.25) is 0 Å². The molecule has 0 saturated heterocycles. The molecule has 0 fully saturated rings. The normalized spacial score (nSPS) is 8.08. The van der Waals surface area contributed by atoms with Crippen molar-refractivity contribution in [3.8, 4) is 0 Å². The fourth-order valence-corrected chi connectivity index (χ4v) is 0.387. The predicted molar refractivity (Wildman–Crippen MR) is 46.2 cm³/mol. The van der Waals surface area contributed by atoms with Crippen molar-refractivity contribution in [3.63, 3.8) is 0 Å². The second-order valence-corrected chi connectivity index (χ2v) is 1.60. The minimum absolute atomic E-state index is 0. The van der Waals surface area contributed by atoms with Crippen molar-refractivity contribution in [1.29, 1.82) is 0 Å². The minimum Gasteiger partial charge on any atom is -1.00 e. The van der Waals surface area contributed by atoms with Crippen LogP contribution in [0.4, 0.5) is 0 Å². The molecular formula is C7H17ClMgO3. The Kier molecular flexibility index (Phi) is 35.3. The summed E-state index contributed by atoms with van der Waals surface area (Å²) in [6.07, 6.45) is 0. The van der Waals surface area contributed by atoms with Gasteiger partial charge in [-0.05, 0) is 0 Å². The number of hydrogen-bond acceptors (Lipinski definition) is 3. The zero-order valence-corrected chi connectivity index (χ0v) is 10.3. The third-order valence-corrected chi connectivity index (χ3v) is 0.864. The summed E-state index contributed by atoms with van der Waals surface area (Å²) in [6.45, 7) is 2.62.